The fourth-order valence-electron chi connectivity index (χ4n) is 4.13. The van der Waals surface area contributed by atoms with Crippen LogP contribution in [0.5, 0.6) is 0 Å². The van der Waals surface area contributed by atoms with Crippen LogP contribution in [0.4, 0.5) is 4.39 Å². The molecule has 1 aliphatic rings. The van der Waals surface area contributed by atoms with Gasteiger partial charge in [0.1, 0.15) is 23.9 Å². The van der Waals surface area contributed by atoms with Crippen LogP contribution in [0.1, 0.15) is 24.4 Å². The molecular weight excluding hydrogens is 441 g/mol. The van der Waals surface area contributed by atoms with E-state index in [1.165, 1.54) is 28.8 Å². The van der Waals surface area contributed by atoms with E-state index in [1.54, 1.807) is 18.2 Å². The van der Waals surface area contributed by atoms with E-state index < -0.39 is 17.8 Å². The first-order valence-electron chi connectivity index (χ1n) is 11.3. The zero-order chi connectivity index (χ0) is 23.9. The van der Waals surface area contributed by atoms with Gasteiger partial charge in [-0.1, -0.05) is 35.5 Å². The standard InChI is InChI=1S/C24H28FN5O4/c1-33-14-12-26-24(32)23(18-8-2-3-9-19(18)25)29(15-17-7-6-13-34-17)22(31)16-30-21-11-5-4-10-20(21)27-28-30/h2-5,8-11,17,23H,6-7,12-16H2,1H3,(H,26,32). The number of nitrogens with one attached hydrogen (secondary N) is 1. The normalized spacial score (nSPS) is 16.5. The van der Waals surface area contributed by atoms with Crippen molar-refractivity contribution in [1.82, 2.24) is 25.2 Å². The van der Waals surface area contributed by atoms with Crippen LogP contribution in [-0.2, 0) is 25.6 Å². The third-order valence-corrected chi connectivity index (χ3v) is 5.82. The molecule has 1 aliphatic heterocycles. The van der Waals surface area contributed by atoms with Crippen molar-refractivity contribution in [3.8, 4) is 0 Å². The number of carbonyl (C=O) groups is 2. The molecule has 2 amide bonds. The van der Waals surface area contributed by atoms with Crippen molar-refractivity contribution in [3.63, 3.8) is 0 Å². The molecule has 1 saturated heterocycles. The van der Waals surface area contributed by atoms with Crippen LogP contribution in [0.15, 0.2) is 48.5 Å². The molecule has 2 atom stereocenters. The van der Waals surface area contributed by atoms with Gasteiger partial charge >= 0.3 is 0 Å². The van der Waals surface area contributed by atoms with Crippen LogP contribution >= 0.6 is 0 Å². The van der Waals surface area contributed by atoms with Crippen LogP contribution in [0.2, 0.25) is 0 Å². The fraction of sp³-hybridized carbons (Fsp3) is 0.417. The van der Waals surface area contributed by atoms with Gasteiger partial charge < -0.3 is 19.7 Å². The predicted molar refractivity (Wildman–Crippen MR) is 122 cm³/mol. The van der Waals surface area contributed by atoms with E-state index in [1.807, 2.05) is 18.2 Å². The number of hydrogen-bond donors (Lipinski definition) is 1. The number of halogens is 1. The molecule has 0 aliphatic carbocycles. The summed E-state index contributed by atoms with van der Waals surface area (Å²) in [5, 5.41) is 11.0. The molecular formula is C24H28FN5O4. The quantitative estimate of drug-likeness (QED) is 0.457. The summed E-state index contributed by atoms with van der Waals surface area (Å²) in [4.78, 5) is 28.4. The van der Waals surface area contributed by atoms with Crippen molar-refractivity contribution in [2.24, 2.45) is 0 Å². The maximum absolute atomic E-state index is 14.9. The zero-order valence-corrected chi connectivity index (χ0v) is 19.0. The second-order valence-corrected chi connectivity index (χ2v) is 8.12. The number of methoxy groups -OCH3 is 1. The first kappa shape index (κ1) is 23.8. The minimum atomic E-state index is -1.18. The molecule has 0 spiro atoms. The predicted octanol–water partition coefficient (Wildman–Crippen LogP) is 2.08. The summed E-state index contributed by atoms with van der Waals surface area (Å²) in [6, 6.07) is 12.1. The van der Waals surface area contributed by atoms with Crippen molar-refractivity contribution in [3.05, 3.63) is 59.9 Å². The lowest BCUT2D eigenvalue weighted by molar-refractivity contribution is -0.143. The van der Waals surface area contributed by atoms with Crippen molar-refractivity contribution < 1.29 is 23.5 Å². The summed E-state index contributed by atoms with van der Waals surface area (Å²) in [7, 11) is 1.52. The molecule has 180 valence electrons. The van der Waals surface area contributed by atoms with Gasteiger partial charge in [0.2, 0.25) is 11.8 Å². The number of para-hydroxylation sites is 1. The summed E-state index contributed by atoms with van der Waals surface area (Å²) in [5.41, 5.74) is 1.47. The first-order valence-corrected chi connectivity index (χ1v) is 11.3. The van der Waals surface area contributed by atoms with Gasteiger partial charge in [-0.05, 0) is 31.0 Å². The Labute approximate surface area is 196 Å². The Bertz CT molecular complexity index is 1130. The van der Waals surface area contributed by atoms with Crippen molar-refractivity contribution in [1.29, 1.82) is 0 Å². The van der Waals surface area contributed by atoms with Gasteiger partial charge in [0, 0.05) is 32.4 Å². The topological polar surface area (TPSA) is 98.6 Å². The Morgan fingerprint density at radius 1 is 1.26 bits per heavy atom. The largest absolute Gasteiger partial charge is 0.383 e. The third-order valence-electron chi connectivity index (χ3n) is 5.82. The summed E-state index contributed by atoms with van der Waals surface area (Å²) in [6.07, 6.45) is 1.38. The molecule has 2 heterocycles. The van der Waals surface area contributed by atoms with Gasteiger partial charge in [0.15, 0.2) is 0 Å². The molecule has 1 N–H and O–H groups in total. The molecule has 34 heavy (non-hydrogen) atoms. The SMILES string of the molecule is COCCNC(=O)C(c1ccccc1F)N(CC1CCCO1)C(=O)Cn1nnc2ccccc21. The van der Waals surface area contributed by atoms with Crippen molar-refractivity contribution in [2.75, 3.05) is 33.4 Å². The van der Waals surface area contributed by atoms with E-state index in [4.69, 9.17) is 9.47 Å². The van der Waals surface area contributed by atoms with Gasteiger partial charge in [-0.25, -0.2) is 9.07 Å². The third kappa shape index (κ3) is 5.40. The molecule has 2 aromatic carbocycles. The Hall–Kier alpha value is -3.37. The lowest BCUT2D eigenvalue weighted by Gasteiger charge is -2.33. The van der Waals surface area contributed by atoms with E-state index in [-0.39, 0.29) is 37.2 Å². The number of amides is 2. The maximum Gasteiger partial charge on any atom is 0.247 e. The fourth-order valence-corrected chi connectivity index (χ4v) is 4.13. The summed E-state index contributed by atoms with van der Waals surface area (Å²) in [5.74, 6) is -1.44. The molecule has 2 unspecified atom stereocenters. The number of hydrogen-bond acceptors (Lipinski definition) is 6. The number of ether oxygens (including phenoxy) is 2. The second-order valence-electron chi connectivity index (χ2n) is 8.12. The number of benzene rings is 2. The smallest absolute Gasteiger partial charge is 0.247 e. The molecule has 9 nitrogen and oxygen atoms in total. The Morgan fingerprint density at radius 3 is 2.82 bits per heavy atom. The maximum atomic E-state index is 14.9. The number of carbonyl (C=O) groups excluding carboxylic acids is 2. The van der Waals surface area contributed by atoms with Crippen LogP contribution in [-0.4, -0.2) is 71.2 Å². The highest BCUT2D eigenvalue weighted by Crippen LogP contribution is 2.27. The van der Waals surface area contributed by atoms with E-state index >= 15 is 0 Å². The van der Waals surface area contributed by atoms with E-state index in [0.29, 0.717) is 24.2 Å². The molecule has 1 aromatic heterocycles. The highest BCUT2D eigenvalue weighted by molar-refractivity contribution is 5.89. The number of nitrogens with zero attached hydrogens (tertiary/aromatic N) is 4. The molecule has 3 aromatic rings. The molecule has 0 saturated carbocycles. The molecule has 1 fully saturated rings. The number of fused-ring (bicyclic) bond motifs is 1. The van der Waals surface area contributed by atoms with E-state index in [2.05, 4.69) is 15.6 Å². The zero-order valence-electron chi connectivity index (χ0n) is 19.0. The average molecular weight is 470 g/mol. The molecule has 0 bridgehead atoms. The van der Waals surface area contributed by atoms with Gasteiger partial charge in [-0.3, -0.25) is 9.59 Å². The van der Waals surface area contributed by atoms with Crippen LogP contribution in [0.3, 0.4) is 0 Å². The summed E-state index contributed by atoms with van der Waals surface area (Å²) < 4.78 is 27.2. The van der Waals surface area contributed by atoms with Gasteiger partial charge in [0.05, 0.1) is 18.2 Å². The second kappa shape index (κ2) is 11.2. The van der Waals surface area contributed by atoms with Crippen LogP contribution < -0.4 is 5.32 Å². The summed E-state index contributed by atoms with van der Waals surface area (Å²) in [6.45, 7) is 1.12. The lowest BCUT2D eigenvalue weighted by atomic mass is 10.0. The minimum Gasteiger partial charge on any atom is -0.383 e. The number of rotatable bonds is 10. The van der Waals surface area contributed by atoms with Gasteiger partial charge in [-0.15, -0.1) is 5.10 Å². The van der Waals surface area contributed by atoms with Crippen molar-refractivity contribution in [2.45, 2.75) is 31.5 Å². The van der Waals surface area contributed by atoms with E-state index in [0.717, 1.165) is 12.8 Å². The first-order chi connectivity index (χ1) is 16.6. The van der Waals surface area contributed by atoms with Crippen LogP contribution in [0, 0.1) is 5.82 Å². The Kier molecular flexibility index (Phi) is 7.81. The molecule has 10 heteroatoms. The van der Waals surface area contributed by atoms with Crippen molar-refractivity contribution >= 4 is 22.8 Å². The molecule has 0 radical (unpaired) electrons. The lowest BCUT2D eigenvalue weighted by Crippen LogP contribution is -2.48. The monoisotopic (exact) mass is 469 g/mol. The highest BCUT2D eigenvalue weighted by Gasteiger charge is 2.35. The molecule has 4 rings (SSSR count). The van der Waals surface area contributed by atoms with Gasteiger partial charge in [0.25, 0.3) is 0 Å². The van der Waals surface area contributed by atoms with E-state index in [9.17, 15) is 14.0 Å². The average Bonchev–Trinajstić information content (AvgIpc) is 3.50. The number of aromatic nitrogens is 3. The van der Waals surface area contributed by atoms with Crippen LogP contribution in [0.25, 0.3) is 11.0 Å². The highest BCUT2D eigenvalue weighted by atomic mass is 19.1. The Morgan fingerprint density at radius 2 is 2.06 bits per heavy atom. The Balaban J connectivity index is 1.68. The minimum absolute atomic E-state index is 0.118. The summed E-state index contributed by atoms with van der Waals surface area (Å²) >= 11 is 0. The van der Waals surface area contributed by atoms with Gasteiger partial charge in [-0.2, -0.15) is 0 Å².